The summed E-state index contributed by atoms with van der Waals surface area (Å²) in [7, 11) is 0. The van der Waals surface area contributed by atoms with Gasteiger partial charge in [-0.1, -0.05) is 0 Å². The molecule has 0 radical (unpaired) electrons. The molecule has 0 aliphatic carbocycles. The van der Waals surface area contributed by atoms with E-state index >= 15 is 0 Å². The molecular weight excluding hydrogens is 240 g/mol. The van der Waals surface area contributed by atoms with Crippen molar-refractivity contribution in [3.8, 4) is 5.75 Å². The highest BCUT2D eigenvalue weighted by molar-refractivity contribution is 5.70. The van der Waals surface area contributed by atoms with Crippen molar-refractivity contribution in [1.29, 1.82) is 0 Å². The summed E-state index contributed by atoms with van der Waals surface area (Å²) in [6, 6.07) is 6.02. The average molecular weight is 248 g/mol. The summed E-state index contributed by atoms with van der Waals surface area (Å²) in [5.41, 5.74) is 0. The summed E-state index contributed by atoms with van der Waals surface area (Å²) in [5, 5.41) is 10.7. The van der Waals surface area contributed by atoms with Crippen LogP contribution in [0.4, 0.5) is 5.82 Å². The van der Waals surface area contributed by atoms with Crippen LogP contribution in [0.5, 0.6) is 5.75 Å². The zero-order valence-electron chi connectivity index (χ0n) is 9.11. The molecule has 0 unspecified atom stereocenters. The summed E-state index contributed by atoms with van der Waals surface area (Å²) < 4.78 is 10.3. The molecule has 0 atom stereocenters. The van der Waals surface area contributed by atoms with Crippen LogP contribution in [0.2, 0.25) is 0 Å². The highest BCUT2D eigenvalue weighted by Crippen LogP contribution is 2.24. The van der Waals surface area contributed by atoms with E-state index in [1.165, 1.54) is 24.4 Å². The lowest BCUT2D eigenvalue weighted by Gasteiger charge is -2.03. The lowest BCUT2D eigenvalue weighted by molar-refractivity contribution is -0.390. The maximum absolute atomic E-state index is 10.7. The van der Waals surface area contributed by atoms with Crippen molar-refractivity contribution in [2.24, 2.45) is 0 Å². The van der Waals surface area contributed by atoms with Gasteiger partial charge in [0.2, 0.25) is 5.75 Å². The van der Waals surface area contributed by atoms with E-state index in [9.17, 15) is 14.9 Å². The summed E-state index contributed by atoms with van der Waals surface area (Å²) in [4.78, 5) is 24.1. The molecular formula is C11H8N2O5. The second kappa shape index (κ2) is 5.09. The van der Waals surface area contributed by atoms with E-state index in [1.807, 2.05) is 0 Å². The Kier molecular flexibility index (Phi) is 3.33. The van der Waals surface area contributed by atoms with Gasteiger partial charge in [-0.2, -0.15) is 0 Å². The molecule has 92 valence electrons. The van der Waals surface area contributed by atoms with Gasteiger partial charge in [0.15, 0.2) is 12.0 Å². The van der Waals surface area contributed by atoms with Crippen molar-refractivity contribution in [3.05, 3.63) is 52.1 Å². The number of furan rings is 1. The molecule has 0 fully saturated rings. The Morgan fingerprint density at radius 2 is 2.28 bits per heavy atom. The van der Waals surface area contributed by atoms with E-state index in [0.29, 0.717) is 12.0 Å². The number of carbonyl (C=O) groups excluding carboxylic acids is 1. The quantitative estimate of drug-likeness (QED) is 0.456. The molecule has 18 heavy (non-hydrogen) atoms. The molecule has 2 aromatic rings. The minimum atomic E-state index is -0.631. The summed E-state index contributed by atoms with van der Waals surface area (Å²) in [5.74, 6) is 0.260. The van der Waals surface area contributed by atoms with Gasteiger partial charge in [-0.15, -0.1) is 0 Å². The monoisotopic (exact) mass is 248 g/mol. The Morgan fingerprint density at radius 3 is 2.94 bits per heavy atom. The van der Waals surface area contributed by atoms with Gasteiger partial charge in [0, 0.05) is 0 Å². The molecule has 0 aliphatic rings. The molecule has 0 aliphatic heterocycles. The number of hydrogen-bond acceptors (Lipinski definition) is 6. The van der Waals surface area contributed by atoms with Crippen LogP contribution in [-0.2, 0) is 6.61 Å². The number of carbonyl (C=O) groups is 1. The minimum absolute atomic E-state index is 0.0135. The first kappa shape index (κ1) is 11.8. The lowest BCUT2D eigenvalue weighted by Crippen LogP contribution is -1.99. The molecule has 7 nitrogen and oxygen atoms in total. The van der Waals surface area contributed by atoms with E-state index in [2.05, 4.69) is 4.98 Å². The van der Waals surface area contributed by atoms with E-state index in [1.54, 1.807) is 6.07 Å². The fourth-order valence-electron chi connectivity index (χ4n) is 1.32. The predicted molar refractivity (Wildman–Crippen MR) is 59.3 cm³/mol. The largest absolute Gasteiger partial charge is 0.477 e. The van der Waals surface area contributed by atoms with Gasteiger partial charge in [0.05, 0.1) is 0 Å². The number of aromatic nitrogens is 1. The maximum atomic E-state index is 10.7. The summed E-state index contributed by atoms with van der Waals surface area (Å²) >= 11 is 0. The predicted octanol–water partition coefficient (Wildman–Crippen LogP) is 1.97. The van der Waals surface area contributed by atoms with Gasteiger partial charge in [-0.05, 0) is 34.2 Å². The number of pyridine rings is 1. The number of ether oxygens (including phenoxy) is 1. The van der Waals surface area contributed by atoms with Crippen LogP contribution < -0.4 is 4.74 Å². The standard InChI is InChI=1S/C11H8N2O5/c14-6-8-3-4-9(18-8)7-17-10-2-1-5-12-11(10)13(15)16/h1-6H,7H2. The molecule has 0 N–H and O–H groups in total. The van der Waals surface area contributed by atoms with Gasteiger partial charge in [-0.3, -0.25) is 4.79 Å². The Hall–Kier alpha value is -2.70. The van der Waals surface area contributed by atoms with Gasteiger partial charge in [0.1, 0.15) is 18.6 Å². The zero-order valence-corrected chi connectivity index (χ0v) is 9.11. The minimum Gasteiger partial charge on any atom is -0.477 e. The van der Waals surface area contributed by atoms with E-state index in [0.717, 1.165) is 0 Å². The number of nitrogens with zero attached hydrogens (tertiary/aromatic N) is 2. The Labute approximate surface area is 101 Å². The van der Waals surface area contributed by atoms with Crippen LogP contribution >= 0.6 is 0 Å². The second-order valence-corrected chi connectivity index (χ2v) is 3.29. The molecule has 0 amide bonds. The zero-order chi connectivity index (χ0) is 13.0. The molecule has 0 spiro atoms. The maximum Gasteiger partial charge on any atom is 0.406 e. The molecule has 0 saturated heterocycles. The van der Waals surface area contributed by atoms with Gasteiger partial charge >= 0.3 is 5.82 Å². The van der Waals surface area contributed by atoms with Crippen LogP contribution in [0.1, 0.15) is 16.3 Å². The van der Waals surface area contributed by atoms with Crippen molar-refractivity contribution in [3.63, 3.8) is 0 Å². The molecule has 0 saturated carbocycles. The molecule has 2 heterocycles. The van der Waals surface area contributed by atoms with Crippen molar-refractivity contribution in [2.45, 2.75) is 6.61 Å². The van der Waals surface area contributed by atoms with Gasteiger partial charge in [-0.25, -0.2) is 0 Å². The van der Waals surface area contributed by atoms with Crippen molar-refractivity contribution >= 4 is 12.1 Å². The first-order valence-corrected chi connectivity index (χ1v) is 4.97. The topological polar surface area (TPSA) is 95.5 Å². The number of nitro groups is 1. The lowest BCUT2D eigenvalue weighted by atomic mass is 10.4. The average Bonchev–Trinajstić information content (AvgIpc) is 2.84. The van der Waals surface area contributed by atoms with Crippen LogP contribution in [0.25, 0.3) is 0 Å². The Balaban J connectivity index is 2.10. The van der Waals surface area contributed by atoms with Crippen LogP contribution in [-0.4, -0.2) is 16.2 Å². The summed E-state index contributed by atoms with van der Waals surface area (Å²) in [6.45, 7) is -0.0135. The number of hydrogen-bond donors (Lipinski definition) is 0. The fourth-order valence-corrected chi connectivity index (χ4v) is 1.32. The van der Waals surface area contributed by atoms with Crippen LogP contribution in [0.15, 0.2) is 34.9 Å². The Morgan fingerprint density at radius 1 is 1.44 bits per heavy atom. The van der Waals surface area contributed by atoms with Crippen LogP contribution in [0.3, 0.4) is 0 Å². The van der Waals surface area contributed by atoms with Crippen molar-refractivity contribution in [1.82, 2.24) is 4.98 Å². The van der Waals surface area contributed by atoms with E-state index in [-0.39, 0.29) is 23.9 Å². The fraction of sp³-hybridized carbons (Fsp3) is 0.0909. The molecule has 0 aromatic carbocycles. The van der Waals surface area contributed by atoms with E-state index < -0.39 is 4.92 Å². The van der Waals surface area contributed by atoms with Crippen LogP contribution in [0, 0.1) is 10.1 Å². The van der Waals surface area contributed by atoms with Crippen molar-refractivity contribution in [2.75, 3.05) is 0 Å². The molecule has 2 aromatic heterocycles. The third kappa shape index (κ3) is 2.51. The number of rotatable bonds is 5. The van der Waals surface area contributed by atoms with Gasteiger partial charge < -0.3 is 19.3 Å². The van der Waals surface area contributed by atoms with E-state index in [4.69, 9.17) is 9.15 Å². The SMILES string of the molecule is O=Cc1ccc(COc2cccnc2[N+](=O)[O-])o1. The second-order valence-electron chi connectivity index (χ2n) is 3.29. The number of aldehydes is 1. The first-order valence-electron chi connectivity index (χ1n) is 4.97. The normalized spacial score (nSPS) is 10.0. The molecule has 2 rings (SSSR count). The highest BCUT2D eigenvalue weighted by Gasteiger charge is 2.15. The summed E-state index contributed by atoms with van der Waals surface area (Å²) in [6.07, 6.45) is 1.87. The first-order chi connectivity index (χ1) is 8.70. The molecule has 0 bridgehead atoms. The highest BCUT2D eigenvalue weighted by atomic mass is 16.6. The smallest absolute Gasteiger partial charge is 0.406 e. The third-order valence-electron chi connectivity index (χ3n) is 2.09. The third-order valence-corrected chi connectivity index (χ3v) is 2.09. The van der Waals surface area contributed by atoms with Crippen molar-refractivity contribution < 1.29 is 18.9 Å². The Bertz CT molecular complexity index is 578. The van der Waals surface area contributed by atoms with Gasteiger partial charge in [0.25, 0.3) is 0 Å². The molecule has 7 heteroatoms.